The molecule has 1 aromatic carbocycles. The highest BCUT2D eigenvalue weighted by atomic mass is 16.5. The van der Waals surface area contributed by atoms with Gasteiger partial charge >= 0.3 is 0 Å². The molecule has 19 heavy (non-hydrogen) atoms. The first-order valence-corrected chi connectivity index (χ1v) is 6.35. The SMILES string of the molecule is COCCNC(=O)COc1ccccc1CC(C)N. The Balaban J connectivity index is 2.46. The number of hydrogen-bond acceptors (Lipinski definition) is 4. The van der Waals surface area contributed by atoms with Gasteiger partial charge in [0.05, 0.1) is 6.61 Å². The van der Waals surface area contributed by atoms with Crippen molar-refractivity contribution in [3.05, 3.63) is 29.8 Å². The molecular weight excluding hydrogens is 244 g/mol. The van der Waals surface area contributed by atoms with Gasteiger partial charge in [-0.1, -0.05) is 18.2 Å². The lowest BCUT2D eigenvalue weighted by Crippen LogP contribution is -2.31. The smallest absolute Gasteiger partial charge is 0.258 e. The van der Waals surface area contributed by atoms with Gasteiger partial charge in [0.1, 0.15) is 5.75 Å². The predicted octanol–water partition coefficient (Wildman–Crippen LogP) is 0.718. The minimum Gasteiger partial charge on any atom is -0.483 e. The number of para-hydroxylation sites is 1. The van der Waals surface area contributed by atoms with Gasteiger partial charge in [0.15, 0.2) is 6.61 Å². The molecule has 1 unspecified atom stereocenters. The van der Waals surface area contributed by atoms with E-state index in [-0.39, 0.29) is 18.6 Å². The number of hydrogen-bond donors (Lipinski definition) is 2. The topological polar surface area (TPSA) is 73.6 Å². The number of carbonyl (C=O) groups excluding carboxylic acids is 1. The fourth-order valence-corrected chi connectivity index (χ4v) is 1.65. The molecule has 1 atom stereocenters. The van der Waals surface area contributed by atoms with Gasteiger partial charge in [-0.05, 0) is 25.0 Å². The molecule has 0 aromatic heterocycles. The average molecular weight is 266 g/mol. The molecule has 5 nitrogen and oxygen atoms in total. The summed E-state index contributed by atoms with van der Waals surface area (Å²) in [6.07, 6.45) is 0.724. The summed E-state index contributed by atoms with van der Waals surface area (Å²) >= 11 is 0. The molecular formula is C14H22N2O3. The fraction of sp³-hybridized carbons (Fsp3) is 0.500. The zero-order valence-electron chi connectivity index (χ0n) is 11.5. The van der Waals surface area contributed by atoms with Crippen molar-refractivity contribution in [3.63, 3.8) is 0 Å². The lowest BCUT2D eigenvalue weighted by atomic mass is 10.1. The van der Waals surface area contributed by atoms with Crippen LogP contribution in [0, 0.1) is 0 Å². The maximum Gasteiger partial charge on any atom is 0.258 e. The summed E-state index contributed by atoms with van der Waals surface area (Å²) < 4.78 is 10.4. The first-order valence-electron chi connectivity index (χ1n) is 6.35. The van der Waals surface area contributed by atoms with Crippen LogP contribution in [0.3, 0.4) is 0 Å². The minimum absolute atomic E-state index is 0.000317. The third-order valence-electron chi connectivity index (χ3n) is 2.50. The number of nitrogens with one attached hydrogen (secondary N) is 1. The van der Waals surface area contributed by atoms with Gasteiger partial charge in [-0.25, -0.2) is 0 Å². The van der Waals surface area contributed by atoms with Crippen molar-refractivity contribution >= 4 is 5.91 Å². The Labute approximate surface area is 114 Å². The monoisotopic (exact) mass is 266 g/mol. The molecule has 3 N–H and O–H groups in total. The second-order valence-electron chi connectivity index (χ2n) is 4.42. The van der Waals surface area contributed by atoms with Crippen LogP contribution in [0.15, 0.2) is 24.3 Å². The molecule has 0 aliphatic carbocycles. The second kappa shape index (κ2) is 8.50. The summed E-state index contributed by atoms with van der Waals surface area (Å²) in [5.41, 5.74) is 6.80. The van der Waals surface area contributed by atoms with Crippen molar-refractivity contribution in [2.45, 2.75) is 19.4 Å². The number of methoxy groups -OCH3 is 1. The number of ether oxygens (including phenoxy) is 2. The Hall–Kier alpha value is -1.59. The summed E-state index contributed by atoms with van der Waals surface area (Å²) in [4.78, 5) is 11.5. The van der Waals surface area contributed by atoms with Crippen molar-refractivity contribution in [2.24, 2.45) is 5.73 Å². The molecule has 1 aromatic rings. The standard InChI is InChI=1S/C14H22N2O3/c1-11(15)9-12-5-3-4-6-13(12)19-10-14(17)16-7-8-18-2/h3-6,11H,7-10,15H2,1-2H3,(H,16,17). The van der Waals surface area contributed by atoms with Gasteiger partial charge in [0, 0.05) is 19.7 Å². The largest absolute Gasteiger partial charge is 0.483 e. The molecule has 0 saturated carbocycles. The molecule has 1 amide bonds. The van der Waals surface area contributed by atoms with Crippen LogP contribution in [0.4, 0.5) is 0 Å². The third-order valence-corrected chi connectivity index (χ3v) is 2.50. The number of rotatable bonds is 8. The van der Waals surface area contributed by atoms with E-state index < -0.39 is 0 Å². The van der Waals surface area contributed by atoms with Crippen LogP contribution in [-0.4, -0.2) is 38.8 Å². The summed E-state index contributed by atoms with van der Waals surface area (Å²) in [6, 6.07) is 7.67. The molecule has 0 heterocycles. The minimum atomic E-state index is -0.160. The summed E-state index contributed by atoms with van der Waals surface area (Å²) in [5.74, 6) is 0.550. The number of carbonyl (C=O) groups is 1. The highest BCUT2D eigenvalue weighted by Crippen LogP contribution is 2.19. The second-order valence-corrected chi connectivity index (χ2v) is 4.42. The van der Waals surface area contributed by atoms with Gasteiger partial charge in [0.2, 0.25) is 0 Å². The first-order chi connectivity index (χ1) is 9.13. The van der Waals surface area contributed by atoms with Crippen molar-refractivity contribution in [1.82, 2.24) is 5.32 Å². The average Bonchev–Trinajstić information content (AvgIpc) is 2.37. The van der Waals surface area contributed by atoms with Crippen molar-refractivity contribution in [3.8, 4) is 5.75 Å². The third kappa shape index (κ3) is 6.22. The van der Waals surface area contributed by atoms with E-state index in [1.54, 1.807) is 7.11 Å². The summed E-state index contributed by atoms with van der Waals surface area (Å²) in [7, 11) is 1.59. The zero-order valence-corrected chi connectivity index (χ0v) is 11.5. The molecule has 0 aliphatic rings. The maximum absolute atomic E-state index is 11.5. The van der Waals surface area contributed by atoms with Crippen LogP contribution in [0.1, 0.15) is 12.5 Å². The van der Waals surface area contributed by atoms with Crippen LogP contribution >= 0.6 is 0 Å². The maximum atomic E-state index is 11.5. The lowest BCUT2D eigenvalue weighted by Gasteiger charge is -2.12. The highest BCUT2D eigenvalue weighted by molar-refractivity contribution is 5.77. The Bertz CT molecular complexity index is 394. The molecule has 0 fully saturated rings. The molecule has 106 valence electrons. The van der Waals surface area contributed by atoms with E-state index in [4.69, 9.17) is 15.2 Å². The normalized spacial score (nSPS) is 11.9. The van der Waals surface area contributed by atoms with Crippen molar-refractivity contribution in [2.75, 3.05) is 26.9 Å². The predicted molar refractivity (Wildman–Crippen MR) is 74.2 cm³/mol. The number of amides is 1. The molecule has 0 bridgehead atoms. The number of benzene rings is 1. The summed E-state index contributed by atoms with van der Waals surface area (Å²) in [5, 5.41) is 2.70. The Morgan fingerprint density at radius 2 is 2.16 bits per heavy atom. The van der Waals surface area contributed by atoms with Crippen molar-refractivity contribution in [1.29, 1.82) is 0 Å². The molecule has 1 rings (SSSR count). The van der Waals surface area contributed by atoms with Crippen LogP contribution in [0.2, 0.25) is 0 Å². The molecule has 0 radical (unpaired) electrons. The summed E-state index contributed by atoms with van der Waals surface area (Å²) in [6.45, 7) is 2.92. The molecule has 5 heteroatoms. The van der Waals surface area contributed by atoms with E-state index in [9.17, 15) is 4.79 Å². The van der Waals surface area contributed by atoms with E-state index in [0.717, 1.165) is 12.0 Å². The molecule has 0 spiro atoms. The van der Waals surface area contributed by atoms with Crippen LogP contribution in [-0.2, 0) is 16.0 Å². The van der Waals surface area contributed by atoms with Gasteiger partial charge in [0.25, 0.3) is 5.91 Å². The van der Waals surface area contributed by atoms with Gasteiger partial charge in [-0.2, -0.15) is 0 Å². The van der Waals surface area contributed by atoms with E-state index in [1.807, 2.05) is 31.2 Å². The Kier molecular flexibility index (Phi) is 6.92. The molecule has 0 saturated heterocycles. The lowest BCUT2D eigenvalue weighted by molar-refractivity contribution is -0.123. The number of nitrogens with two attached hydrogens (primary N) is 1. The van der Waals surface area contributed by atoms with Gasteiger partial charge in [-0.15, -0.1) is 0 Å². The van der Waals surface area contributed by atoms with Gasteiger partial charge in [-0.3, -0.25) is 4.79 Å². The first kappa shape index (κ1) is 15.5. The molecule has 0 aliphatic heterocycles. The van der Waals surface area contributed by atoms with Gasteiger partial charge < -0.3 is 20.5 Å². The van der Waals surface area contributed by atoms with Crippen LogP contribution in [0.5, 0.6) is 5.75 Å². The van der Waals surface area contributed by atoms with E-state index in [1.165, 1.54) is 0 Å². The van der Waals surface area contributed by atoms with E-state index in [2.05, 4.69) is 5.32 Å². The highest BCUT2D eigenvalue weighted by Gasteiger charge is 2.07. The Morgan fingerprint density at radius 1 is 1.42 bits per heavy atom. The van der Waals surface area contributed by atoms with E-state index >= 15 is 0 Å². The van der Waals surface area contributed by atoms with Crippen LogP contribution in [0.25, 0.3) is 0 Å². The van der Waals surface area contributed by atoms with Crippen molar-refractivity contribution < 1.29 is 14.3 Å². The van der Waals surface area contributed by atoms with Crippen LogP contribution < -0.4 is 15.8 Å². The zero-order chi connectivity index (χ0) is 14.1. The van der Waals surface area contributed by atoms with E-state index in [0.29, 0.717) is 18.9 Å². The fourth-order valence-electron chi connectivity index (χ4n) is 1.65. The quantitative estimate of drug-likeness (QED) is 0.680. The Morgan fingerprint density at radius 3 is 2.84 bits per heavy atom.